The average molecular weight is 328 g/mol. The molecule has 5 nitrogen and oxygen atoms in total. The molecule has 0 radical (unpaired) electrons. The molecule has 0 aromatic carbocycles. The van der Waals surface area contributed by atoms with Gasteiger partial charge in [-0.15, -0.1) is 0 Å². The van der Waals surface area contributed by atoms with Crippen molar-refractivity contribution >= 4 is 6.09 Å². The normalized spacial score (nSPS) is 24.5. The quantitative estimate of drug-likeness (QED) is 0.811. The fraction of sp³-hybridized carbons (Fsp3) is 0.944. The third kappa shape index (κ3) is 6.68. The van der Waals surface area contributed by atoms with Gasteiger partial charge in [-0.2, -0.15) is 0 Å². The molecule has 1 fully saturated rings. The zero-order valence-electron chi connectivity index (χ0n) is 16.4. The van der Waals surface area contributed by atoms with Gasteiger partial charge in [-0.25, -0.2) is 4.79 Å². The highest BCUT2D eigenvalue weighted by Crippen LogP contribution is 2.37. The van der Waals surface area contributed by atoms with Gasteiger partial charge in [-0.05, 0) is 60.8 Å². The van der Waals surface area contributed by atoms with Gasteiger partial charge in [0, 0.05) is 18.6 Å². The predicted molar refractivity (Wildman–Crippen MR) is 93.6 cm³/mol. The van der Waals surface area contributed by atoms with Gasteiger partial charge in [-0.3, -0.25) is 0 Å². The van der Waals surface area contributed by atoms with E-state index in [0.717, 1.165) is 6.42 Å². The molecule has 1 amide bonds. The molecule has 1 aliphatic rings. The molecule has 1 heterocycles. The van der Waals surface area contributed by atoms with E-state index in [1.807, 2.05) is 20.8 Å². The number of hydrogen-bond donors (Lipinski definition) is 2. The van der Waals surface area contributed by atoms with Crippen molar-refractivity contribution < 1.29 is 14.3 Å². The van der Waals surface area contributed by atoms with Crippen LogP contribution in [0.2, 0.25) is 0 Å². The van der Waals surface area contributed by atoms with E-state index in [0.29, 0.717) is 12.5 Å². The van der Waals surface area contributed by atoms with Crippen molar-refractivity contribution in [2.45, 2.75) is 97.6 Å². The van der Waals surface area contributed by atoms with Crippen LogP contribution in [0, 0.1) is 5.92 Å². The monoisotopic (exact) mass is 328 g/mol. The first kappa shape index (κ1) is 20.2. The number of carbonyl (C=O) groups excluding carboxylic acids is 1. The maximum atomic E-state index is 12.0. The predicted octanol–water partition coefficient (Wildman–Crippen LogP) is 3.47. The van der Waals surface area contributed by atoms with Crippen molar-refractivity contribution in [2.24, 2.45) is 5.92 Å². The molecule has 0 aliphatic carbocycles. The first-order valence-corrected chi connectivity index (χ1v) is 8.65. The molecular formula is C18H36N2O3. The van der Waals surface area contributed by atoms with Crippen LogP contribution in [0.3, 0.4) is 0 Å². The largest absolute Gasteiger partial charge is 0.444 e. The van der Waals surface area contributed by atoms with E-state index in [9.17, 15) is 4.79 Å². The lowest BCUT2D eigenvalue weighted by atomic mass is 9.93. The fourth-order valence-corrected chi connectivity index (χ4v) is 3.06. The first-order chi connectivity index (χ1) is 10.2. The molecule has 136 valence electrons. The lowest BCUT2D eigenvalue weighted by Gasteiger charge is -2.31. The lowest BCUT2D eigenvalue weighted by Crippen LogP contribution is -2.52. The zero-order chi connectivity index (χ0) is 18.1. The smallest absolute Gasteiger partial charge is 0.407 e. The Labute approximate surface area is 141 Å². The minimum absolute atomic E-state index is 0.0179. The summed E-state index contributed by atoms with van der Waals surface area (Å²) in [7, 11) is 0. The number of alkyl carbamates (subject to hydrolysis) is 1. The molecule has 1 saturated heterocycles. The molecule has 0 bridgehead atoms. The van der Waals surface area contributed by atoms with Crippen LogP contribution in [0.15, 0.2) is 0 Å². The van der Waals surface area contributed by atoms with Crippen LogP contribution in [0.1, 0.15) is 68.7 Å². The lowest BCUT2D eigenvalue weighted by molar-refractivity contribution is -0.0699. The first-order valence-electron chi connectivity index (χ1n) is 8.65. The molecule has 2 atom stereocenters. The standard InChI is InChI=1S/C18H36N2O3/c1-12(2)13(20-15(21)22-16(3,4)5)11-19-14-10-17(6,7)23-18(14,8)9/h12-14,19H,10-11H2,1-9H3,(H,20,21). The Morgan fingerprint density at radius 2 is 1.83 bits per heavy atom. The Bertz CT molecular complexity index is 411. The van der Waals surface area contributed by atoms with Crippen LogP contribution in [0.5, 0.6) is 0 Å². The highest BCUT2D eigenvalue weighted by atomic mass is 16.6. The molecule has 2 N–H and O–H groups in total. The van der Waals surface area contributed by atoms with E-state index in [1.54, 1.807) is 0 Å². The third-order valence-corrected chi connectivity index (χ3v) is 4.17. The molecule has 23 heavy (non-hydrogen) atoms. The van der Waals surface area contributed by atoms with E-state index in [4.69, 9.17) is 9.47 Å². The highest BCUT2D eigenvalue weighted by Gasteiger charge is 2.45. The van der Waals surface area contributed by atoms with Crippen molar-refractivity contribution in [3.63, 3.8) is 0 Å². The van der Waals surface area contributed by atoms with Crippen LogP contribution < -0.4 is 10.6 Å². The summed E-state index contributed by atoms with van der Waals surface area (Å²) in [6, 6.07) is 0.281. The Kier molecular flexibility index (Phi) is 6.14. The van der Waals surface area contributed by atoms with E-state index >= 15 is 0 Å². The van der Waals surface area contributed by atoms with E-state index < -0.39 is 5.60 Å². The Hall–Kier alpha value is -0.810. The number of carbonyl (C=O) groups is 1. The van der Waals surface area contributed by atoms with E-state index in [-0.39, 0.29) is 29.4 Å². The average Bonchev–Trinajstić information content (AvgIpc) is 2.49. The zero-order valence-corrected chi connectivity index (χ0v) is 16.4. The van der Waals surface area contributed by atoms with Crippen molar-refractivity contribution in [3.05, 3.63) is 0 Å². The van der Waals surface area contributed by atoms with Crippen LogP contribution >= 0.6 is 0 Å². The van der Waals surface area contributed by atoms with Crippen molar-refractivity contribution in [1.82, 2.24) is 10.6 Å². The van der Waals surface area contributed by atoms with Crippen molar-refractivity contribution in [3.8, 4) is 0 Å². The summed E-state index contributed by atoms with van der Waals surface area (Å²) < 4.78 is 11.5. The minimum atomic E-state index is -0.482. The third-order valence-electron chi connectivity index (χ3n) is 4.17. The molecule has 0 aromatic heterocycles. The minimum Gasteiger partial charge on any atom is -0.444 e. The number of nitrogens with one attached hydrogen (secondary N) is 2. The van der Waals surface area contributed by atoms with Gasteiger partial charge in [-0.1, -0.05) is 13.8 Å². The number of hydrogen-bond acceptors (Lipinski definition) is 4. The molecule has 1 rings (SSSR count). The second-order valence-corrected chi connectivity index (χ2v) is 9.13. The van der Waals surface area contributed by atoms with Crippen molar-refractivity contribution in [1.29, 1.82) is 0 Å². The summed E-state index contributed by atoms with van der Waals surface area (Å²) in [6.07, 6.45) is 0.595. The van der Waals surface area contributed by atoms with Gasteiger partial charge in [0.05, 0.1) is 11.2 Å². The maximum absolute atomic E-state index is 12.0. The molecule has 0 aromatic rings. The highest BCUT2D eigenvalue weighted by molar-refractivity contribution is 5.68. The van der Waals surface area contributed by atoms with Crippen LogP contribution in [0.25, 0.3) is 0 Å². The van der Waals surface area contributed by atoms with Gasteiger partial charge in [0.15, 0.2) is 0 Å². The van der Waals surface area contributed by atoms with Crippen LogP contribution in [0.4, 0.5) is 4.79 Å². The maximum Gasteiger partial charge on any atom is 0.407 e. The van der Waals surface area contributed by atoms with Gasteiger partial charge in [0.2, 0.25) is 0 Å². The summed E-state index contributed by atoms with van der Waals surface area (Å²) in [6.45, 7) is 19.0. The second kappa shape index (κ2) is 6.98. The Balaban J connectivity index is 2.59. The van der Waals surface area contributed by atoms with Gasteiger partial charge in [0.1, 0.15) is 5.60 Å². The molecule has 2 unspecified atom stereocenters. The second-order valence-electron chi connectivity index (χ2n) is 9.13. The molecule has 5 heteroatoms. The fourth-order valence-electron chi connectivity index (χ4n) is 3.06. The van der Waals surface area contributed by atoms with Crippen LogP contribution in [-0.2, 0) is 9.47 Å². The molecule has 0 saturated carbocycles. The SMILES string of the molecule is CC(C)C(CNC1CC(C)(C)OC1(C)C)NC(=O)OC(C)(C)C. The van der Waals surface area contributed by atoms with Gasteiger partial charge >= 0.3 is 6.09 Å². The number of amides is 1. The van der Waals surface area contributed by atoms with Gasteiger partial charge in [0.25, 0.3) is 0 Å². The van der Waals surface area contributed by atoms with Gasteiger partial charge < -0.3 is 20.1 Å². The summed E-state index contributed by atoms with van der Waals surface area (Å²) in [5, 5.41) is 6.56. The molecular weight excluding hydrogens is 292 g/mol. The van der Waals surface area contributed by atoms with Crippen molar-refractivity contribution in [2.75, 3.05) is 6.54 Å². The summed E-state index contributed by atoms with van der Waals surface area (Å²) in [4.78, 5) is 12.0. The molecule has 0 spiro atoms. The Morgan fingerprint density at radius 3 is 2.22 bits per heavy atom. The van der Waals surface area contributed by atoms with Crippen LogP contribution in [-0.4, -0.2) is 41.5 Å². The number of ether oxygens (including phenoxy) is 2. The number of rotatable bonds is 5. The topological polar surface area (TPSA) is 59.6 Å². The summed E-state index contributed by atoms with van der Waals surface area (Å²) in [5.41, 5.74) is -0.811. The van der Waals surface area contributed by atoms with E-state index in [2.05, 4.69) is 52.2 Å². The van der Waals surface area contributed by atoms with E-state index in [1.165, 1.54) is 0 Å². The molecule has 1 aliphatic heterocycles. The Morgan fingerprint density at radius 1 is 1.26 bits per heavy atom. The summed E-state index contributed by atoms with van der Waals surface area (Å²) in [5.74, 6) is 0.313. The summed E-state index contributed by atoms with van der Waals surface area (Å²) >= 11 is 0.